The standard InChI is InChI=1S/C26H25N/c1-19-17-23(21-9-5-3-6-10-21)13-15-25(19)27-26-16-14-24(18-20(26)2)22-11-7-4-8-12-22/h3-11,13-18,22,27H,12H2,1-2H3. The number of benzene rings is 3. The number of anilines is 2. The van der Waals surface area contributed by atoms with Crippen molar-refractivity contribution in [3.8, 4) is 11.1 Å². The van der Waals surface area contributed by atoms with Crippen molar-refractivity contribution in [2.45, 2.75) is 26.2 Å². The van der Waals surface area contributed by atoms with Crippen LogP contribution in [0.4, 0.5) is 11.4 Å². The maximum absolute atomic E-state index is 3.62. The zero-order chi connectivity index (χ0) is 18.6. The summed E-state index contributed by atoms with van der Waals surface area (Å²) in [7, 11) is 0. The molecule has 0 radical (unpaired) electrons. The molecule has 0 bridgehead atoms. The van der Waals surface area contributed by atoms with Gasteiger partial charge in [0.15, 0.2) is 0 Å². The minimum Gasteiger partial charge on any atom is -0.355 e. The molecule has 0 saturated carbocycles. The first-order chi connectivity index (χ1) is 13.2. The quantitative estimate of drug-likeness (QED) is 0.519. The normalized spacial score (nSPS) is 15.7. The van der Waals surface area contributed by atoms with Crippen molar-refractivity contribution in [3.05, 3.63) is 108 Å². The van der Waals surface area contributed by atoms with E-state index in [2.05, 4.69) is 110 Å². The number of allylic oxidation sites excluding steroid dienone is 4. The summed E-state index contributed by atoms with van der Waals surface area (Å²) in [6.45, 7) is 4.35. The van der Waals surface area contributed by atoms with Gasteiger partial charge in [0, 0.05) is 17.3 Å². The summed E-state index contributed by atoms with van der Waals surface area (Å²) in [5.74, 6) is 0.495. The molecule has 1 N–H and O–H groups in total. The van der Waals surface area contributed by atoms with Crippen LogP contribution in [0.25, 0.3) is 11.1 Å². The highest BCUT2D eigenvalue weighted by Crippen LogP contribution is 2.31. The predicted octanol–water partition coefficient (Wildman–Crippen LogP) is 7.31. The Morgan fingerprint density at radius 1 is 0.741 bits per heavy atom. The van der Waals surface area contributed by atoms with Gasteiger partial charge in [-0.05, 0) is 66.3 Å². The second-order valence-electron chi connectivity index (χ2n) is 7.25. The summed E-state index contributed by atoms with van der Waals surface area (Å²) in [5, 5.41) is 3.62. The van der Waals surface area contributed by atoms with Gasteiger partial charge in [0.1, 0.15) is 0 Å². The van der Waals surface area contributed by atoms with Gasteiger partial charge in [-0.25, -0.2) is 0 Å². The average molecular weight is 351 g/mol. The fourth-order valence-electron chi connectivity index (χ4n) is 3.64. The minimum atomic E-state index is 0.495. The number of hydrogen-bond acceptors (Lipinski definition) is 1. The Morgan fingerprint density at radius 3 is 2.15 bits per heavy atom. The molecule has 1 aliphatic rings. The van der Waals surface area contributed by atoms with Crippen LogP contribution in [0.1, 0.15) is 29.0 Å². The van der Waals surface area contributed by atoms with E-state index in [0.717, 1.165) is 12.1 Å². The highest BCUT2D eigenvalue weighted by atomic mass is 14.9. The number of nitrogens with one attached hydrogen (secondary N) is 1. The van der Waals surface area contributed by atoms with Crippen LogP contribution in [0.2, 0.25) is 0 Å². The molecule has 0 fully saturated rings. The zero-order valence-electron chi connectivity index (χ0n) is 15.9. The third kappa shape index (κ3) is 3.88. The second kappa shape index (κ2) is 7.67. The summed E-state index contributed by atoms with van der Waals surface area (Å²) >= 11 is 0. The molecule has 0 heterocycles. The summed E-state index contributed by atoms with van der Waals surface area (Å²) in [6.07, 6.45) is 9.88. The predicted molar refractivity (Wildman–Crippen MR) is 117 cm³/mol. The van der Waals surface area contributed by atoms with Gasteiger partial charge in [-0.15, -0.1) is 0 Å². The van der Waals surface area contributed by atoms with E-state index in [1.54, 1.807) is 0 Å². The van der Waals surface area contributed by atoms with Crippen LogP contribution < -0.4 is 5.32 Å². The van der Waals surface area contributed by atoms with Gasteiger partial charge in [0.05, 0.1) is 0 Å². The van der Waals surface area contributed by atoms with Crippen molar-refractivity contribution in [1.29, 1.82) is 0 Å². The molecule has 1 aliphatic carbocycles. The lowest BCUT2D eigenvalue weighted by Gasteiger charge is -2.17. The van der Waals surface area contributed by atoms with Crippen LogP contribution in [-0.4, -0.2) is 0 Å². The number of rotatable bonds is 4. The van der Waals surface area contributed by atoms with Crippen molar-refractivity contribution in [2.75, 3.05) is 5.32 Å². The van der Waals surface area contributed by atoms with Gasteiger partial charge in [-0.1, -0.05) is 72.8 Å². The summed E-state index contributed by atoms with van der Waals surface area (Å²) in [4.78, 5) is 0. The van der Waals surface area contributed by atoms with Crippen molar-refractivity contribution >= 4 is 11.4 Å². The van der Waals surface area contributed by atoms with Crippen molar-refractivity contribution in [1.82, 2.24) is 0 Å². The van der Waals surface area contributed by atoms with Crippen LogP contribution in [0.15, 0.2) is 91.0 Å². The lowest BCUT2D eigenvalue weighted by molar-refractivity contribution is 0.852. The molecule has 0 spiro atoms. The average Bonchev–Trinajstić information content (AvgIpc) is 2.72. The Kier molecular flexibility index (Phi) is 4.93. The lowest BCUT2D eigenvalue weighted by atomic mass is 9.91. The Balaban J connectivity index is 1.55. The Hall–Kier alpha value is -3.06. The maximum atomic E-state index is 3.62. The molecular formula is C26H25N. The van der Waals surface area contributed by atoms with E-state index in [1.807, 2.05) is 0 Å². The molecule has 1 nitrogen and oxygen atoms in total. The third-order valence-electron chi connectivity index (χ3n) is 5.26. The molecule has 1 heteroatoms. The third-order valence-corrected chi connectivity index (χ3v) is 5.26. The first-order valence-corrected chi connectivity index (χ1v) is 9.58. The molecule has 0 amide bonds. The molecule has 0 aromatic heterocycles. The van der Waals surface area contributed by atoms with Crippen molar-refractivity contribution in [3.63, 3.8) is 0 Å². The molecule has 0 aliphatic heterocycles. The molecule has 134 valence electrons. The lowest BCUT2D eigenvalue weighted by Crippen LogP contribution is -2.00. The van der Waals surface area contributed by atoms with Crippen molar-refractivity contribution in [2.24, 2.45) is 0 Å². The molecule has 1 atom stereocenters. The van der Waals surface area contributed by atoms with Crippen LogP contribution in [0, 0.1) is 13.8 Å². The molecule has 0 saturated heterocycles. The van der Waals surface area contributed by atoms with E-state index in [4.69, 9.17) is 0 Å². The monoisotopic (exact) mass is 351 g/mol. The van der Waals surface area contributed by atoms with Crippen LogP contribution in [-0.2, 0) is 0 Å². The molecule has 3 aromatic rings. The van der Waals surface area contributed by atoms with E-state index in [0.29, 0.717) is 5.92 Å². The highest BCUT2D eigenvalue weighted by molar-refractivity contribution is 5.72. The first-order valence-electron chi connectivity index (χ1n) is 9.58. The van der Waals surface area contributed by atoms with Gasteiger partial charge in [0.2, 0.25) is 0 Å². The van der Waals surface area contributed by atoms with E-state index in [9.17, 15) is 0 Å². The Labute approximate surface area is 162 Å². The fraction of sp³-hybridized carbons (Fsp3) is 0.154. The fourth-order valence-corrected chi connectivity index (χ4v) is 3.64. The van der Waals surface area contributed by atoms with E-state index >= 15 is 0 Å². The Morgan fingerprint density at radius 2 is 1.48 bits per heavy atom. The molecule has 1 unspecified atom stereocenters. The summed E-state index contributed by atoms with van der Waals surface area (Å²) < 4.78 is 0. The second-order valence-corrected chi connectivity index (χ2v) is 7.25. The summed E-state index contributed by atoms with van der Waals surface area (Å²) in [5.41, 5.74) is 8.75. The van der Waals surface area contributed by atoms with Gasteiger partial charge >= 0.3 is 0 Å². The Bertz CT molecular complexity index is 996. The molecule has 4 rings (SSSR count). The smallest absolute Gasteiger partial charge is 0.0414 e. The van der Waals surface area contributed by atoms with Gasteiger partial charge in [-0.3, -0.25) is 0 Å². The largest absolute Gasteiger partial charge is 0.355 e. The SMILES string of the molecule is Cc1cc(-c2ccccc2)ccc1Nc1ccc(C2C=CC=CC2)cc1C. The summed E-state index contributed by atoms with van der Waals surface area (Å²) in [6, 6.07) is 23.9. The van der Waals surface area contributed by atoms with Crippen LogP contribution in [0.5, 0.6) is 0 Å². The molecule has 3 aromatic carbocycles. The first kappa shape index (κ1) is 17.4. The molecule has 27 heavy (non-hydrogen) atoms. The van der Waals surface area contributed by atoms with Crippen LogP contribution in [0.3, 0.4) is 0 Å². The highest BCUT2D eigenvalue weighted by Gasteiger charge is 2.10. The maximum Gasteiger partial charge on any atom is 0.0414 e. The zero-order valence-corrected chi connectivity index (χ0v) is 15.9. The van der Waals surface area contributed by atoms with Gasteiger partial charge < -0.3 is 5.32 Å². The van der Waals surface area contributed by atoms with E-state index in [1.165, 1.54) is 33.5 Å². The number of hydrogen-bond donors (Lipinski definition) is 1. The van der Waals surface area contributed by atoms with Gasteiger partial charge in [-0.2, -0.15) is 0 Å². The van der Waals surface area contributed by atoms with Gasteiger partial charge in [0.25, 0.3) is 0 Å². The van der Waals surface area contributed by atoms with E-state index in [-0.39, 0.29) is 0 Å². The van der Waals surface area contributed by atoms with Crippen LogP contribution >= 0.6 is 0 Å². The van der Waals surface area contributed by atoms with E-state index < -0.39 is 0 Å². The molecular weight excluding hydrogens is 326 g/mol. The number of aryl methyl sites for hydroxylation is 2. The topological polar surface area (TPSA) is 12.0 Å². The van der Waals surface area contributed by atoms with Crippen molar-refractivity contribution < 1.29 is 0 Å². The minimum absolute atomic E-state index is 0.495.